The average molecular weight is 360 g/mol. The number of rotatable bonds is 3. The van der Waals surface area contributed by atoms with Crippen LogP contribution >= 0.6 is 0 Å². The molecule has 1 saturated carbocycles. The van der Waals surface area contributed by atoms with E-state index in [9.17, 15) is 4.79 Å². The number of hydrogen-bond donors (Lipinski definition) is 1. The van der Waals surface area contributed by atoms with Crippen LogP contribution < -0.4 is 5.32 Å². The molecule has 0 unspecified atom stereocenters. The van der Waals surface area contributed by atoms with Crippen molar-refractivity contribution < 1.29 is 4.79 Å². The molecule has 4 rings (SSSR count). The van der Waals surface area contributed by atoms with Gasteiger partial charge in [-0.05, 0) is 50.4 Å². The van der Waals surface area contributed by atoms with Crippen molar-refractivity contribution in [2.45, 2.75) is 71.4 Å². The number of carbonyl (C=O) groups excluding carboxylic acids is 1. The minimum atomic E-state index is 0.272. The van der Waals surface area contributed by atoms with Gasteiger partial charge >= 0.3 is 0 Å². The second-order valence-corrected chi connectivity index (χ2v) is 8.76. The number of aromatic nitrogens is 3. The SMILES string of the molecule is CC(C)C1CCC(C(=O)N2CCC(c3nnc4n3CCNC4)CC2)CC1. The zero-order valence-electron chi connectivity index (χ0n) is 16.3. The van der Waals surface area contributed by atoms with E-state index in [2.05, 4.69) is 38.8 Å². The second kappa shape index (κ2) is 7.67. The minimum Gasteiger partial charge on any atom is -0.342 e. The van der Waals surface area contributed by atoms with Crippen molar-refractivity contribution in [2.75, 3.05) is 19.6 Å². The predicted molar refractivity (Wildman–Crippen MR) is 101 cm³/mol. The summed E-state index contributed by atoms with van der Waals surface area (Å²) in [5, 5.41) is 12.2. The molecule has 0 radical (unpaired) electrons. The van der Waals surface area contributed by atoms with Crippen molar-refractivity contribution >= 4 is 5.91 Å². The van der Waals surface area contributed by atoms with Gasteiger partial charge in [0.1, 0.15) is 11.6 Å². The third-order valence-corrected chi connectivity index (χ3v) is 6.89. The van der Waals surface area contributed by atoms with Gasteiger partial charge in [0.2, 0.25) is 5.91 Å². The van der Waals surface area contributed by atoms with E-state index in [1.54, 1.807) is 0 Å². The lowest BCUT2D eigenvalue weighted by molar-refractivity contribution is -0.138. The first-order chi connectivity index (χ1) is 12.6. The van der Waals surface area contributed by atoms with Crippen LogP contribution in [0.25, 0.3) is 0 Å². The Morgan fingerprint density at radius 1 is 1.04 bits per heavy atom. The summed E-state index contributed by atoms with van der Waals surface area (Å²) < 4.78 is 2.30. The molecule has 1 saturated heterocycles. The summed E-state index contributed by atoms with van der Waals surface area (Å²) in [5.74, 6) is 4.92. The predicted octanol–water partition coefficient (Wildman–Crippen LogP) is 2.55. The molecule has 0 spiro atoms. The number of carbonyl (C=O) groups is 1. The maximum Gasteiger partial charge on any atom is 0.225 e. The summed E-state index contributed by atoms with van der Waals surface area (Å²) >= 11 is 0. The monoisotopic (exact) mass is 359 g/mol. The number of nitrogens with zero attached hydrogens (tertiary/aromatic N) is 4. The molecule has 0 atom stereocenters. The van der Waals surface area contributed by atoms with Crippen LogP contribution in [-0.2, 0) is 17.9 Å². The molecule has 3 heterocycles. The molecule has 1 amide bonds. The lowest BCUT2D eigenvalue weighted by Gasteiger charge is -2.37. The van der Waals surface area contributed by atoms with Crippen LogP contribution in [0.4, 0.5) is 0 Å². The number of nitrogens with one attached hydrogen (secondary N) is 1. The molecule has 26 heavy (non-hydrogen) atoms. The topological polar surface area (TPSA) is 63.1 Å². The third kappa shape index (κ3) is 3.53. The highest BCUT2D eigenvalue weighted by Gasteiger charge is 2.33. The number of amides is 1. The van der Waals surface area contributed by atoms with Crippen LogP contribution in [0.5, 0.6) is 0 Å². The van der Waals surface area contributed by atoms with E-state index in [-0.39, 0.29) is 5.92 Å². The maximum atomic E-state index is 12.9. The van der Waals surface area contributed by atoms with Crippen LogP contribution in [0.15, 0.2) is 0 Å². The molecule has 1 aromatic rings. The molecule has 2 aliphatic heterocycles. The van der Waals surface area contributed by atoms with Crippen molar-refractivity contribution in [2.24, 2.45) is 17.8 Å². The molecule has 1 aromatic heterocycles. The number of piperidine rings is 1. The number of hydrogen-bond acceptors (Lipinski definition) is 4. The van der Waals surface area contributed by atoms with Gasteiger partial charge in [0.25, 0.3) is 0 Å². The Hall–Kier alpha value is -1.43. The molecule has 144 valence electrons. The average Bonchev–Trinajstić information content (AvgIpc) is 3.12. The van der Waals surface area contributed by atoms with E-state index in [1.807, 2.05) is 0 Å². The molecule has 3 aliphatic rings. The Balaban J connectivity index is 1.31. The van der Waals surface area contributed by atoms with Gasteiger partial charge < -0.3 is 14.8 Å². The Bertz CT molecular complexity index is 624. The fourth-order valence-electron chi connectivity index (χ4n) is 5.07. The summed E-state index contributed by atoms with van der Waals surface area (Å²) in [6, 6.07) is 0. The Labute approximate surface area is 156 Å². The van der Waals surface area contributed by atoms with E-state index in [0.29, 0.717) is 11.8 Å². The fraction of sp³-hybridized carbons (Fsp3) is 0.850. The molecule has 0 aromatic carbocycles. The first-order valence-corrected chi connectivity index (χ1v) is 10.5. The molecule has 6 nitrogen and oxygen atoms in total. The van der Waals surface area contributed by atoms with Gasteiger partial charge in [-0.25, -0.2) is 0 Å². The summed E-state index contributed by atoms with van der Waals surface area (Å²) in [6.45, 7) is 9.18. The lowest BCUT2D eigenvalue weighted by atomic mass is 9.76. The Morgan fingerprint density at radius 3 is 2.46 bits per heavy atom. The third-order valence-electron chi connectivity index (χ3n) is 6.89. The smallest absolute Gasteiger partial charge is 0.225 e. The van der Waals surface area contributed by atoms with Crippen LogP contribution in [0.2, 0.25) is 0 Å². The van der Waals surface area contributed by atoms with E-state index < -0.39 is 0 Å². The first-order valence-electron chi connectivity index (χ1n) is 10.5. The minimum absolute atomic E-state index is 0.272. The van der Waals surface area contributed by atoms with Crippen LogP contribution in [0, 0.1) is 17.8 Å². The quantitative estimate of drug-likeness (QED) is 0.901. The number of likely N-dealkylation sites (tertiary alicyclic amines) is 1. The van der Waals surface area contributed by atoms with E-state index in [0.717, 1.165) is 81.9 Å². The molecule has 0 bridgehead atoms. The maximum absolute atomic E-state index is 12.9. The highest BCUT2D eigenvalue weighted by Crippen LogP contribution is 2.35. The number of fused-ring (bicyclic) bond motifs is 1. The zero-order chi connectivity index (χ0) is 18.1. The standard InChI is InChI=1S/C20H33N5O/c1-14(2)15-3-5-17(6-4-15)20(26)24-10-7-16(8-11-24)19-23-22-18-13-21-9-12-25(18)19/h14-17,21H,3-13H2,1-2H3. The summed E-state index contributed by atoms with van der Waals surface area (Å²) in [5.41, 5.74) is 0. The molecule has 6 heteroatoms. The normalized spacial score (nSPS) is 27.6. The van der Waals surface area contributed by atoms with Gasteiger partial charge in [0, 0.05) is 38.0 Å². The van der Waals surface area contributed by atoms with Gasteiger partial charge in [0.15, 0.2) is 0 Å². The Morgan fingerprint density at radius 2 is 1.77 bits per heavy atom. The second-order valence-electron chi connectivity index (χ2n) is 8.76. The van der Waals surface area contributed by atoms with Crippen molar-refractivity contribution in [3.63, 3.8) is 0 Å². The molecular weight excluding hydrogens is 326 g/mol. The highest BCUT2D eigenvalue weighted by atomic mass is 16.2. The summed E-state index contributed by atoms with van der Waals surface area (Å²) in [7, 11) is 0. The van der Waals surface area contributed by atoms with Crippen LogP contribution in [-0.4, -0.2) is 45.2 Å². The van der Waals surface area contributed by atoms with Crippen molar-refractivity contribution in [3.05, 3.63) is 11.6 Å². The van der Waals surface area contributed by atoms with Crippen molar-refractivity contribution in [1.29, 1.82) is 0 Å². The largest absolute Gasteiger partial charge is 0.342 e. The van der Waals surface area contributed by atoms with E-state index in [1.165, 1.54) is 12.8 Å². The highest BCUT2D eigenvalue weighted by molar-refractivity contribution is 5.79. The van der Waals surface area contributed by atoms with Gasteiger partial charge in [-0.15, -0.1) is 10.2 Å². The molecule has 1 aliphatic carbocycles. The molecular formula is C20H33N5O. The fourth-order valence-corrected chi connectivity index (χ4v) is 5.07. The summed E-state index contributed by atoms with van der Waals surface area (Å²) in [4.78, 5) is 15.1. The van der Waals surface area contributed by atoms with Crippen molar-refractivity contribution in [3.8, 4) is 0 Å². The van der Waals surface area contributed by atoms with Gasteiger partial charge in [-0.3, -0.25) is 4.79 Å². The van der Waals surface area contributed by atoms with Crippen LogP contribution in [0.3, 0.4) is 0 Å². The van der Waals surface area contributed by atoms with Crippen LogP contribution in [0.1, 0.15) is 69.9 Å². The van der Waals surface area contributed by atoms with E-state index in [4.69, 9.17) is 0 Å². The summed E-state index contributed by atoms with van der Waals surface area (Å²) in [6.07, 6.45) is 6.69. The van der Waals surface area contributed by atoms with Gasteiger partial charge in [-0.2, -0.15) is 0 Å². The van der Waals surface area contributed by atoms with Gasteiger partial charge in [-0.1, -0.05) is 13.8 Å². The first kappa shape index (κ1) is 18.0. The lowest BCUT2D eigenvalue weighted by Crippen LogP contribution is -2.43. The van der Waals surface area contributed by atoms with Crippen molar-refractivity contribution in [1.82, 2.24) is 25.0 Å². The zero-order valence-corrected chi connectivity index (χ0v) is 16.3. The molecule has 1 N–H and O–H groups in total. The molecule has 2 fully saturated rings. The Kier molecular flexibility index (Phi) is 5.30. The van der Waals surface area contributed by atoms with E-state index >= 15 is 0 Å². The van der Waals surface area contributed by atoms with Gasteiger partial charge in [0.05, 0.1) is 6.54 Å².